The smallest absolute Gasteiger partial charge is 0.246 e. The minimum Gasteiger partial charge on any atom is -0.393 e. The lowest BCUT2D eigenvalue weighted by atomic mass is 9.82. The van der Waals surface area contributed by atoms with E-state index >= 15 is 0 Å². The molecule has 0 saturated heterocycles. The van der Waals surface area contributed by atoms with Crippen LogP contribution in [0.3, 0.4) is 0 Å². The molecule has 1 N–H and O–H groups in total. The number of aliphatic hydroxyl groups is 1. The average Bonchev–Trinajstić information content (AvgIpc) is 2.43. The lowest BCUT2D eigenvalue weighted by Crippen LogP contribution is -2.38. The summed E-state index contributed by atoms with van der Waals surface area (Å²) in [6, 6.07) is 9.19. The van der Waals surface area contributed by atoms with Crippen LogP contribution in [0.15, 0.2) is 30.3 Å². The molecule has 1 aliphatic carbocycles. The monoisotopic (exact) mass is 270 g/mol. The van der Waals surface area contributed by atoms with Gasteiger partial charge in [0.2, 0.25) is 5.91 Å². The van der Waals surface area contributed by atoms with Crippen LogP contribution in [0.4, 0.5) is 0 Å². The van der Waals surface area contributed by atoms with Gasteiger partial charge in [0.25, 0.3) is 0 Å². The van der Waals surface area contributed by atoms with Crippen molar-refractivity contribution in [3.8, 4) is 6.07 Å². The fourth-order valence-electron chi connectivity index (χ4n) is 2.33. The summed E-state index contributed by atoms with van der Waals surface area (Å²) >= 11 is 0. The average molecular weight is 270 g/mol. The Bertz CT molecular complexity index is 554. The summed E-state index contributed by atoms with van der Waals surface area (Å²) in [5.41, 5.74) is 1.42. The van der Waals surface area contributed by atoms with Gasteiger partial charge < -0.3 is 10.0 Å². The molecule has 1 fully saturated rings. The topological polar surface area (TPSA) is 64.3 Å². The normalized spacial score (nSPS) is 21.2. The number of nitrogens with zero attached hydrogens (tertiary/aromatic N) is 2. The number of amides is 1. The SMILES string of the molecule is CN(CC1CC(O)C1)C(=O)C=Cc1cccc(C#N)c1. The first-order valence-electron chi connectivity index (χ1n) is 6.70. The fraction of sp³-hybridized carbons (Fsp3) is 0.375. The third-order valence-electron chi connectivity index (χ3n) is 3.55. The third-order valence-corrected chi connectivity index (χ3v) is 3.55. The van der Waals surface area contributed by atoms with Crippen molar-refractivity contribution in [2.24, 2.45) is 5.92 Å². The molecule has 104 valence electrons. The Morgan fingerprint density at radius 2 is 2.30 bits per heavy atom. The van der Waals surface area contributed by atoms with E-state index < -0.39 is 0 Å². The van der Waals surface area contributed by atoms with Crippen LogP contribution < -0.4 is 0 Å². The highest BCUT2D eigenvalue weighted by Gasteiger charge is 2.28. The highest BCUT2D eigenvalue weighted by atomic mass is 16.3. The minimum atomic E-state index is -0.187. The molecule has 0 heterocycles. The molecule has 4 nitrogen and oxygen atoms in total. The van der Waals surface area contributed by atoms with Crippen molar-refractivity contribution in [2.45, 2.75) is 18.9 Å². The summed E-state index contributed by atoms with van der Waals surface area (Å²) in [6.07, 6.45) is 4.62. The van der Waals surface area contributed by atoms with Gasteiger partial charge in [0.05, 0.1) is 17.7 Å². The number of hydrogen-bond donors (Lipinski definition) is 1. The van der Waals surface area contributed by atoms with Gasteiger partial charge in [-0.2, -0.15) is 5.26 Å². The van der Waals surface area contributed by atoms with E-state index in [-0.39, 0.29) is 12.0 Å². The number of likely N-dealkylation sites (N-methyl/N-ethyl adjacent to an activating group) is 1. The van der Waals surface area contributed by atoms with Gasteiger partial charge >= 0.3 is 0 Å². The first-order chi connectivity index (χ1) is 9.58. The zero-order valence-electron chi connectivity index (χ0n) is 11.5. The predicted molar refractivity (Wildman–Crippen MR) is 76.6 cm³/mol. The molecule has 0 unspecified atom stereocenters. The van der Waals surface area contributed by atoms with Crippen LogP contribution in [0.25, 0.3) is 6.08 Å². The van der Waals surface area contributed by atoms with Crippen molar-refractivity contribution in [1.29, 1.82) is 5.26 Å². The molecule has 0 aromatic heterocycles. The molecular formula is C16H18N2O2. The minimum absolute atomic E-state index is 0.0613. The van der Waals surface area contributed by atoms with Crippen molar-refractivity contribution in [3.63, 3.8) is 0 Å². The molecule has 0 aliphatic heterocycles. The molecule has 1 aliphatic rings. The Balaban J connectivity index is 1.89. The Kier molecular flexibility index (Phi) is 4.54. The second-order valence-corrected chi connectivity index (χ2v) is 5.28. The number of carbonyl (C=O) groups excluding carboxylic acids is 1. The van der Waals surface area contributed by atoms with E-state index in [0.29, 0.717) is 18.0 Å². The quantitative estimate of drug-likeness (QED) is 0.848. The molecule has 0 bridgehead atoms. The van der Waals surface area contributed by atoms with Gasteiger partial charge in [-0.05, 0) is 42.5 Å². The van der Waals surface area contributed by atoms with E-state index in [2.05, 4.69) is 6.07 Å². The van der Waals surface area contributed by atoms with Crippen LogP contribution in [-0.2, 0) is 4.79 Å². The van der Waals surface area contributed by atoms with Crippen molar-refractivity contribution in [1.82, 2.24) is 4.90 Å². The summed E-state index contributed by atoms with van der Waals surface area (Å²) in [5, 5.41) is 18.0. The molecule has 1 saturated carbocycles. The number of aliphatic hydroxyl groups excluding tert-OH is 1. The van der Waals surface area contributed by atoms with Crippen LogP contribution in [-0.4, -0.2) is 35.6 Å². The highest BCUT2D eigenvalue weighted by molar-refractivity contribution is 5.91. The first kappa shape index (κ1) is 14.3. The van der Waals surface area contributed by atoms with Gasteiger partial charge in [0.15, 0.2) is 0 Å². The maximum absolute atomic E-state index is 11.9. The van der Waals surface area contributed by atoms with Crippen LogP contribution in [0.1, 0.15) is 24.0 Å². The summed E-state index contributed by atoms with van der Waals surface area (Å²) in [5.74, 6) is 0.350. The molecule has 4 heteroatoms. The van der Waals surface area contributed by atoms with E-state index in [0.717, 1.165) is 18.4 Å². The van der Waals surface area contributed by atoms with E-state index in [1.54, 1.807) is 36.2 Å². The second-order valence-electron chi connectivity index (χ2n) is 5.28. The lowest BCUT2D eigenvalue weighted by Gasteiger charge is -2.34. The summed E-state index contributed by atoms with van der Waals surface area (Å²) in [4.78, 5) is 13.6. The van der Waals surface area contributed by atoms with Gasteiger partial charge in [-0.3, -0.25) is 4.79 Å². The number of carbonyl (C=O) groups is 1. The Hall–Kier alpha value is -2.12. The number of nitriles is 1. The van der Waals surface area contributed by atoms with Gasteiger partial charge in [0, 0.05) is 19.7 Å². The molecule has 0 spiro atoms. The molecule has 0 radical (unpaired) electrons. The predicted octanol–water partition coefficient (Wildman–Crippen LogP) is 1.80. The number of rotatable bonds is 4. The summed E-state index contributed by atoms with van der Waals surface area (Å²) in [7, 11) is 1.77. The van der Waals surface area contributed by atoms with Crippen LogP contribution >= 0.6 is 0 Å². The Labute approximate surface area is 118 Å². The number of hydrogen-bond acceptors (Lipinski definition) is 3. The van der Waals surface area contributed by atoms with Crippen molar-refractivity contribution in [3.05, 3.63) is 41.5 Å². The largest absolute Gasteiger partial charge is 0.393 e. The van der Waals surface area contributed by atoms with E-state index in [4.69, 9.17) is 5.26 Å². The maximum atomic E-state index is 11.9. The molecule has 2 rings (SSSR count). The van der Waals surface area contributed by atoms with Gasteiger partial charge in [0.1, 0.15) is 0 Å². The van der Waals surface area contributed by atoms with Gasteiger partial charge in [-0.1, -0.05) is 12.1 Å². The Morgan fingerprint density at radius 3 is 2.95 bits per heavy atom. The number of benzene rings is 1. The zero-order valence-corrected chi connectivity index (χ0v) is 11.5. The fourth-order valence-corrected chi connectivity index (χ4v) is 2.33. The zero-order chi connectivity index (χ0) is 14.5. The molecule has 1 aromatic carbocycles. The summed E-state index contributed by atoms with van der Waals surface area (Å²) in [6.45, 7) is 0.679. The Morgan fingerprint density at radius 1 is 1.55 bits per heavy atom. The third kappa shape index (κ3) is 3.69. The van der Waals surface area contributed by atoms with Crippen molar-refractivity contribution < 1.29 is 9.90 Å². The molecular weight excluding hydrogens is 252 g/mol. The maximum Gasteiger partial charge on any atom is 0.246 e. The van der Waals surface area contributed by atoms with E-state index in [1.165, 1.54) is 6.08 Å². The molecule has 0 atom stereocenters. The van der Waals surface area contributed by atoms with Crippen LogP contribution in [0.2, 0.25) is 0 Å². The molecule has 1 aromatic rings. The van der Waals surface area contributed by atoms with Gasteiger partial charge in [-0.25, -0.2) is 0 Å². The van der Waals surface area contributed by atoms with Crippen LogP contribution in [0, 0.1) is 17.2 Å². The highest BCUT2D eigenvalue weighted by Crippen LogP contribution is 2.27. The first-order valence-corrected chi connectivity index (χ1v) is 6.70. The van der Waals surface area contributed by atoms with Gasteiger partial charge in [-0.15, -0.1) is 0 Å². The second kappa shape index (κ2) is 6.36. The van der Waals surface area contributed by atoms with Crippen molar-refractivity contribution >= 4 is 12.0 Å². The van der Waals surface area contributed by atoms with E-state index in [1.807, 2.05) is 6.07 Å². The standard InChI is InChI=1S/C16H18N2O2/c1-18(11-14-8-15(19)9-14)16(20)6-5-12-3-2-4-13(7-12)10-17/h2-7,14-15,19H,8-9,11H2,1H3. The van der Waals surface area contributed by atoms with Crippen LogP contribution in [0.5, 0.6) is 0 Å². The summed E-state index contributed by atoms with van der Waals surface area (Å²) < 4.78 is 0. The molecule has 20 heavy (non-hydrogen) atoms. The lowest BCUT2D eigenvalue weighted by molar-refractivity contribution is -0.126. The molecule has 1 amide bonds. The van der Waals surface area contributed by atoms with Crippen molar-refractivity contribution in [2.75, 3.05) is 13.6 Å². The van der Waals surface area contributed by atoms with E-state index in [9.17, 15) is 9.90 Å².